The lowest BCUT2D eigenvalue weighted by Gasteiger charge is -2.16. The van der Waals surface area contributed by atoms with Crippen LogP contribution < -0.4 is 0 Å². The van der Waals surface area contributed by atoms with Crippen molar-refractivity contribution in [2.24, 2.45) is 0 Å². The van der Waals surface area contributed by atoms with E-state index in [0.29, 0.717) is 0 Å². The average molecular weight is 205 g/mol. The minimum Gasteiger partial charge on any atom is -0.374 e. The number of hydrogen-bond donors (Lipinski definition) is 0. The summed E-state index contributed by atoms with van der Waals surface area (Å²) in [6, 6.07) is 0. The number of hydrogen-bond acceptors (Lipinski definition) is 1. The van der Waals surface area contributed by atoms with E-state index >= 15 is 0 Å². The molecule has 0 spiro atoms. The van der Waals surface area contributed by atoms with Crippen LogP contribution in [0.3, 0.4) is 0 Å². The molecule has 0 aliphatic rings. The maximum absolute atomic E-state index is 2.22. The third-order valence-corrected chi connectivity index (χ3v) is 2.13. The second-order valence-corrected chi connectivity index (χ2v) is 3.48. The molecule has 0 bridgehead atoms. The Morgan fingerprint density at radius 3 is 2.47 bits per heavy atom. The highest BCUT2D eigenvalue weighted by atomic mass is 15.1. The van der Waals surface area contributed by atoms with Gasteiger partial charge in [0.2, 0.25) is 0 Å². The molecule has 0 aliphatic heterocycles. The Bertz CT molecular complexity index is 257. The smallest absolute Gasteiger partial charge is 0.0356 e. The maximum Gasteiger partial charge on any atom is 0.0356 e. The molecule has 0 heterocycles. The van der Waals surface area contributed by atoms with Crippen molar-refractivity contribution in [1.82, 2.24) is 4.90 Å². The van der Waals surface area contributed by atoms with Crippen molar-refractivity contribution in [2.75, 3.05) is 13.6 Å². The van der Waals surface area contributed by atoms with E-state index < -0.39 is 0 Å². The zero-order chi connectivity index (χ0) is 11.5. The molecule has 15 heavy (non-hydrogen) atoms. The predicted octanol–water partition coefficient (Wildman–Crippen LogP) is 3.92. The molecule has 0 aromatic carbocycles. The maximum atomic E-state index is 2.22. The molecule has 84 valence electrons. The molecule has 0 saturated carbocycles. The van der Waals surface area contributed by atoms with Crippen LogP contribution in [0.4, 0.5) is 0 Å². The van der Waals surface area contributed by atoms with Crippen LogP contribution in [-0.2, 0) is 0 Å². The van der Waals surface area contributed by atoms with Crippen molar-refractivity contribution in [3.05, 3.63) is 48.2 Å². The first-order chi connectivity index (χ1) is 7.22. The molecule has 0 amide bonds. The SMILES string of the molecule is C/C=C\C=C/CN(C)/C(C)=C/C=C\CC. The number of rotatable bonds is 6. The topological polar surface area (TPSA) is 3.24 Å². The van der Waals surface area contributed by atoms with E-state index in [0.717, 1.165) is 13.0 Å². The van der Waals surface area contributed by atoms with Crippen LogP contribution in [0.5, 0.6) is 0 Å². The van der Waals surface area contributed by atoms with E-state index in [1.165, 1.54) is 5.70 Å². The molecular weight excluding hydrogens is 182 g/mol. The minimum absolute atomic E-state index is 0.951. The van der Waals surface area contributed by atoms with Gasteiger partial charge < -0.3 is 4.90 Å². The highest BCUT2D eigenvalue weighted by Gasteiger charge is 1.92. The van der Waals surface area contributed by atoms with Gasteiger partial charge >= 0.3 is 0 Å². The summed E-state index contributed by atoms with van der Waals surface area (Å²) in [6.07, 6.45) is 15.8. The molecule has 0 unspecified atom stereocenters. The lowest BCUT2D eigenvalue weighted by atomic mass is 10.3. The molecule has 1 heteroatoms. The summed E-state index contributed by atoms with van der Waals surface area (Å²) < 4.78 is 0. The molecule has 0 aromatic rings. The standard InChI is InChI=1S/C14H23N/c1-5-7-9-11-13-15(4)14(3)12-10-8-6-2/h5,7-12H,6,13H2,1-4H3/b7-5-,10-8-,11-9-,14-12+. The first-order valence-corrected chi connectivity index (χ1v) is 5.54. The van der Waals surface area contributed by atoms with Crippen LogP contribution >= 0.6 is 0 Å². The predicted molar refractivity (Wildman–Crippen MR) is 69.8 cm³/mol. The van der Waals surface area contributed by atoms with Gasteiger partial charge in [-0.25, -0.2) is 0 Å². The number of allylic oxidation sites excluding steroid dienone is 7. The second-order valence-electron chi connectivity index (χ2n) is 3.48. The van der Waals surface area contributed by atoms with Crippen LogP contribution in [0.2, 0.25) is 0 Å². The van der Waals surface area contributed by atoms with Crippen LogP contribution in [0.15, 0.2) is 48.2 Å². The Labute approximate surface area is 94.5 Å². The van der Waals surface area contributed by atoms with Crippen molar-refractivity contribution >= 4 is 0 Å². The van der Waals surface area contributed by atoms with Gasteiger partial charge in [-0.1, -0.05) is 43.4 Å². The largest absolute Gasteiger partial charge is 0.374 e. The molecule has 0 radical (unpaired) electrons. The van der Waals surface area contributed by atoms with Gasteiger partial charge in [-0.2, -0.15) is 0 Å². The number of likely N-dealkylation sites (N-methyl/N-ethyl adjacent to an activating group) is 1. The Morgan fingerprint density at radius 2 is 1.87 bits per heavy atom. The van der Waals surface area contributed by atoms with Crippen molar-refractivity contribution in [2.45, 2.75) is 27.2 Å². The molecule has 0 saturated heterocycles. The summed E-state index contributed by atoms with van der Waals surface area (Å²) in [5.74, 6) is 0. The highest BCUT2D eigenvalue weighted by Crippen LogP contribution is 2.00. The molecule has 1 nitrogen and oxygen atoms in total. The Morgan fingerprint density at radius 1 is 1.13 bits per heavy atom. The zero-order valence-electron chi connectivity index (χ0n) is 10.4. The first-order valence-electron chi connectivity index (χ1n) is 5.54. The summed E-state index contributed by atoms with van der Waals surface area (Å²) in [5, 5.41) is 0. The van der Waals surface area contributed by atoms with Crippen LogP contribution in [0, 0.1) is 0 Å². The summed E-state index contributed by atoms with van der Waals surface area (Å²) in [6.45, 7) is 7.24. The van der Waals surface area contributed by atoms with Gasteiger partial charge in [-0.3, -0.25) is 0 Å². The van der Waals surface area contributed by atoms with Crippen molar-refractivity contribution in [1.29, 1.82) is 0 Å². The van der Waals surface area contributed by atoms with Gasteiger partial charge in [-0.15, -0.1) is 0 Å². The van der Waals surface area contributed by atoms with Crippen molar-refractivity contribution < 1.29 is 0 Å². The second kappa shape index (κ2) is 9.32. The van der Waals surface area contributed by atoms with Crippen LogP contribution in [0.1, 0.15) is 27.2 Å². The van der Waals surface area contributed by atoms with Gasteiger partial charge in [0.1, 0.15) is 0 Å². The fourth-order valence-corrected chi connectivity index (χ4v) is 1.02. The third kappa shape index (κ3) is 7.80. The lowest BCUT2D eigenvalue weighted by molar-refractivity contribution is 0.466. The van der Waals surface area contributed by atoms with Crippen LogP contribution in [0.25, 0.3) is 0 Å². The minimum atomic E-state index is 0.951. The Hall–Kier alpha value is -1.24. The summed E-state index contributed by atoms with van der Waals surface area (Å²) >= 11 is 0. The van der Waals surface area contributed by atoms with Crippen LogP contribution in [-0.4, -0.2) is 18.5 Å². The van der Waals surface area contributed by atoms with Gasteiger partial charge in [0.15, 0.2) is 0 Å². The zero-order valence-corrected chi connectivity index (χ0v) is 10.4. The Kier molecular flexibility index (Phi) is 8.55. The van der Waals surface area contributed by atoms with E-state index in [2.05, 4.69) is 56.2 Å². The molecule has 0 N–H and O–H groups in total. The lowest BCUT2D eigenvalue weighted by Crippen LogP contribution is -2.15. The quantitative estimate of drug-likeness (QED) is 0.594. The summed E-state index contributed by atoms with van der Waals surface area (Å²) in [7, 11) is 2.10. The summed E-state index contributed by atoms with van der Waals surface area (Å²) in [4.78, 5) is 2.22. The Balaban J connectivity index is 4.03. The first kappa shape index (κ1) is 13.8. The molecule has 0 aliphatic carbocycles. The normalized spacial score (nSPS) is 13.5. The van der Waals surface area contributed by atoms with Gasteiger partial charge in [0.05, 0.1) is 0 Å². The molecular formula is C14H23N. The molecule has 0 aromatic heterocycles. The van der Waals surface area contributed by atoms with E-state index in [9.17, 15) is 0 Å². The van der Waals surface area contributed by atoms with E-state index in [4.69, 9.17) is 0 Å². The fourth-order valence-electron chi connectivity index (χ4n) is 1.02. The van der Waals surface area contributed by atoms with Gasteiger partial charge in [0, 0.05) is 19.3 Å². The molecule has 0 rings (SSSR count). The van der Waals surface area contributed by atoms with E-state index in [-0.39, 0.29) is 0 Å². The van der Waals surface area contributed by atoms with E-state index in [1.54, 1.807) is 0 Å². The average Bonchev–Trinajstić information content (AvgIpc) is 2.24. The van der Waals surface area contributed by atoms with Gasteiger partial charge in [0.25, 0.3) is 0 Å². The van der Waals surface area contributed by atoms with Gasteiger partial charge in [-0.05, 0) is 26.3 Å². The third-order valence-electron chi connectivity index (χ3n) is 2.13. The highest BCUT2D eigenvalue weighted by molar-refractivity contribution is 5.11. The summed E-state index contributed by atoms with van der Waals surface area (Å²) in [5.41, 5.74) is 1.28. The van der Waals surface area contributed by atoms with Crippen molar-refractivity contribution in [3.63, 3.8) is 0 Å². The van der Waals surface area contributed by atoms with E-state index in [1.807, 2.05) is 19.1 Å². The number of nitrogens with zero attached hydrogens (tertiary/aromatic N) is 1. The monoisotopic (exact) mass is 205 g/mol. The molecule has 0 atom stereocenters. The molecule has 0 fully saturated rings. The van der Waals surface area contributed by atoms with Crippen molar-refractivity contribution in [3.8, 4) is 0 Å². The fraction of sp³-hybridized carbons (Fsp3) is 0.429.